The lowest BCUT2D eigenvalue weighted by Crippen LogP contribution is -2.47. The van der Waals surface area contributed by atoms with E-state index < -0.39 is 14.9 Å². The third-order valence-electron chi connectivity index (χ3n) is 4.20. The number of piperazine rings is 1. The standard InChI is InChI=1S/C17H18N4O5S/c1-12-6-7-13(21(23)24)10-16(12)27(25,26)19-14-4-2-3-5-15(14)20-9-8-18-17(22)11-20/h2-7,10,19H,8-9,11H2,1H3,(H,18,22). The van der Waals surface area contributed by atoms with Crippen LogP contribution >= 0.6 is 0 Å². The molecule has 0 unspecified atom stereocenters. The van der Waals surface area contributed by atoms with Crippen LogP contribution < -0.4 is 14.9 Å². The van der Waals surface area contributed by atoms with Gasteiger partial charge in [0.15, 0.2) is 0 Å². The number of nitrogens with zero attached hydrogens (tertiary/aromatic N) is 2. The molecule has 9 nitrogen and oxygen atoms in total. The molecule has 1 saturated heterocycles. The molecule has 1 heterocycles. The van der Waals surface area contributed by atoms with Gasteiger partial charge in [-0.15, -0.1) is 0 Å². The predicted molar refractivity (Wildman–Crippen MR) is 100 cm³/mol. The number of nitrogens with one attached hydrogen (secondary N) is 2. The SMILES string of the molecule is Cc1ccc([N+](=O)[O-])cc1S(=O)(=O)Nc1ccccc1N1CCNC(=O)C1. The number of aryl methyl sites for hydroxylation is 1. The van der Waals surface area contributed by atoms with Crippen LogP contribution in [0.3, 0.4) is 0 Å². The highest BCUT2D eigenvalue weighted by Gasteiger charge is 2.24. The molecule has 10 heteroatoms. The van der Waals surface area contributed by atoms with Crippen LogP contribution in [0.5, 0.6) is 0 Å². The van der Waals surface area contributed by atoms with Crippen LogP contribution in [-0.4, -0.2) is 38.9 Å². The van der Waals surface area contributed by atoms with Gasteiger partial charge in [0.2, 0.25) is 5.91 Å². The molecule has 1 amide bonds. The van der Waals surface area contributed by atoms with E-state index >= 15 is 0 Å². The number of carbonyl (C=O) groups is 1. The summed E-state index contributed by atoms with van der Waals surface area (Å²) in [4.78, 5) is 23.6. The van der Waals surface area contributed by atoms with Gasteiger partial charge < -0.3 is 10.2 Å². The number of hydrogen-bond acceptors (Lipinski definition) is 6. The molecule has 3 rings (SSSR count). The minimum atomic E-state index is -4.06. The first-order valence-corrected chi connectivity index (χ1v) is 9.65. The van der Waals surface area contributed by atoms with E-state index in [1.807, 2.05) is 0 Å². The van der Waals surface area contributed by atoms with Gasteiger partial charge in [0, 0.05) is 25.2 Å². The number of para-hydroxylation sites is 2. The first-order valence-electron chi connectivity index (χ1n) is 8.16. The van der Waals surface area contributed by atoms with Crippen LogP contribution in [0.25, 0.3) is 0 Å². The van der Waals surface area contributed by atoms with Crippen molar-refractivity contribution < 1.29 is 18.1 Å². The maximum Gasteiger partial charge on any atom is 0.270 e. The summed E-state index contributed by atoms with van der Waals surface area (Å²) in [6.07, 6.45) is 0. The molecular formula is C17H18N4O5S. The fraction of sp³-hybridized carbons (Fsp3) is 0.235. The van der Waals surface area contributed by atoms with Crippen molar-refractivity contribution in [3.05, 3.63) is 58.1 Å². The number of benzene rings is 2. The number of anilines is 2. The van der Waals surface area contributed by atoms with Crippen molar-refractivity contribution in [3.63, 3.8) is 0 Å². The van der Waals surface area contributed by atoms with Gasteiger partial charge in [-0.1, -0.05) is 18.2 Å². The van der Waals surface area contributed by atoms with Crippen LogP contribution in [0.1, 0.15) is 5.56 Å². The molecule has 0 aliphatic carbocycles. The normalized spacial score (nSPS) is 14.6. The molecule has 27 heavy (non-hydrogen) atoms. The summed E-state index contributed by atoms with van der Waals surface area (Å²) in [6, 6.07) is 10.4. The van der Waals surface area contributed by atoms with E-state index in [-0.39, 0.29) is 23.0 Å². The molecule has 0 bridgehead atoms. The van der Waals surface area contributed by atoms with Crippen LogP contribution in [-0.2, 0) is 14.8 Å². The molecule has 2 aromatic rings. The average molecular weight is 390 g/mol. The van der Waals surface area contributed by atoms with Crippen molar-refractivity contribution in [2.24, 2.45) is 0 Å². The van der Waals surface area contributed by atoms with Crippen LogP contribution in [0.15, 0.2) is 47.4 Å². The molecule has 0 aromatic heterocycles. The highest BCUT2D eigenvalue weighted by Crippen LogP contribution is 2.30. The summed E-state index contributed by atoms with van der Waals surface area (Å²) in [5.74, 6) is -0.145. The Bertz CT molecular complexity index is 1010. The largest absolute Gasteiger partial charge is 0.359 e. The number of carbonyl (C=O) groups excluding carboxylic acids is 1. The molecule has 0 spiro atoms. The molecule has 142 valence electrons. The Labute approximate surface area is 156 Å². The maximum absolute atomic E-state index is 12.9. The third kappa shape index (κ3) is 4.00. The molecule has 0 radical (unpaired) electrons. The van der Waals surface area contributed by atoms with Gasteiger partial charge in [0.25, 0.3) is 15.7 Å². The molecule has 1 aliphatic heterocycles. The summed E-state index contributed by atoms with van der Waals surface area (Å²) < 4.78 is 28.2. The Hall–Kier alpha value is -3.14. The number of nitro groups is 1. The molecule has 2 N–H and O–H groups in total. The van der Waals surface area contributed by atoms with E-state index in [0.717, 1.165) is 6.07 Å². The van der Waals surface area contributed by atoms with Crippen LogP contribution in [0, 0.1) is 17.0 Å². The van der Waals surface area contributed by atoms with Crippen molar-refractivity contribution in [1.29, 1.82) is 0 Å². The zero-order valence-corrected chi connectivity index (χ0v) is 15.3. The number of rotatable bonds is 5. The predicted octanol–water partition coefficient (Wildman–Crippen LogP) is 1.64. The van der Waals surface area contributed by atoms with Gasteiger partial charge in [0.1, 0.15) is 0 Å². The molecular weight excluding hydrogens is 372 g/mol. The highest BCUT2D eigenvalue weighted by atomic mass is 32.2. The highest BCUT2D eigenvalue weighted by molar-refractivity contribution is 7.92. The molecule has 1 fully saturated rings. The van der Waals surface area contributed by atoms with Gasteiger partial charge >= 0.3 is 0 Å². The second-order valence-corrected chi connectivity index (χ2v) is 7.75. The minimum Gasteiger partial charge on any atom is -0.359 e. The molecule has 2 aromatic carbocycles. The summed E-state index contributed by atoms with van der Waals surface area (Å²) in [5, 5.41) is 13.7. The number of sulfonamides is 1. The second kappa shape index (κ2) is 7.23. The summed E-state index contributed by atoms with van der Waals surface area (Å²) >= 11 is 0. The molecule has 0 saturated carbocycles. The fourth-order valence-corrected chi connectivity index (χ4v) is 4.21. The van der Waals surface area contributed by atoms with Gasteiger partial charge in [0.05, 0.1) is 27.7 Å². The van der Waals surface area contributed by atoms with Crippen molar-refractivity contribution in [2.45, 2.75) is 11.8 Å². The summed E-state index contributed by atoms with van der Waals surface area (Å²) in [5.41, 5.74) is 0.960. The Kier molecular flexibility index (Phi) is 5.00. The molecule has 0 atom stereocenters. The summed E-state index contributed by atoms with van der Waals surface area (Å²) in [7, 11) is -4.06. The number of nitro benzene ring substituents is 1. The average Bonchev–Trinajstić information content (AvgIpc) is 2.62. The van der Waals surface area contributed by atoms with Gasteiger partial charge in [-0.25, -0.2) is 8.42 Å². The maximum atomic E-state index is 12.9. The Morgan fingerprint density at radius 2 is 1.96 bits per heavy atom. The van der Waals surface area contributed by atoms with Crippen molar-refractivity contribution in [2.75, 3.05) is 29.3 Å². The quantitative estimate of drug-likeness (QED) is 0.591. The lowest BCUT2D eigenvalue weighted by Gasteiger charge is -2.30. The smallest absolute Gasteiger partial charge is 0.270 e. The first-order chi connectivity index (χ1) is 12.8. The Morgan fingerprint density at radius 1 is 1.22 bits per heavy atom. The van der Waals surface area contributed by atoms with Crippen molar-refractivity contribution in [3.8, 4) is 0 Å². The van der Waals surface area contributed by atoms with Gasteiger partial charge in [-0.05, 0) is 24.6 Å². The lowest BCUT2D eigenvalue weighted by molar-refractivity contribution is -0.385. The topological polar surface area (TPSA) is 122 Å². The minimum absolute atomic E-state index is 0.120. The second-order valence-electron chi connectivity index (χ2n) is 6.10. The summed E-state index contributed by atoms with van der Waals surface area (Å²) in [6.45, 7) is 2.69. The van der Waals surface area contributed by atoms with E-state index in [9.17, 15) is 23.3 Å². The van der Waals surface area contributed by atoms with Crippen molar-refractivity contribution in [1.82, 2.24) is 5.32 Å². The van der Waals surface area contributed by atoms with E-state index in [1.54, 1.807) is 36.1 Å². The molecule has 1 aliphatic rings. The zero-order chi connectivity index (χ0) is 19.6. The zero-order valence-electron chi connectivity index (χ0n) is 14.5. The van der Waals surface area contributed by atoms with Crippen LogP contribution in [0.4, 0.5) is 17.1 Å². The monoisotopic (exact) mass is 390 g/mol. The van der Waals surface area contributed by atoms with Crippen molar-refractivity contribution >= 4 is 33.0 Å². The lowest BCUT2D eigenvalue weighted by atomic mass is 10.2. The van der Waals surface area contributed by atoms with Crippen LogP contribution in [0.2, 0.25) is 0 Å². The Morgan fingerprint density at radius 3 is 2.67 bits per heavy atom. The van der Waals surface area contributed by atoms with E-state index in [4.69, 9.17) is 0 Å². The van der Waals surface area contributed by atoms with Gasteiger partial charge in [-0.2, -0.15) is 0 Å². The van der Waals surface area contributed by atoms with E-state index in [0.29, 0.717) is 30.0 Å². The van der Waals surface area contributed by atoms with E-state index in [1.165, 1.54) is 12.1 Å². The third-order valence-corrected chi connectivity index (χ3v) is 5.71. The Balaban J connectivity index is 1.97. The fourth-order valence-electron chi connectivity index (χ4n) is 2.87. The number of hydrogen-bond donors (Lipinski definition) is 2. The number of amides is 1. The number of non-ortho nitro benzene ring substituents is 1. The first kappa shape index (κ1) is 18.6. The van der Waals surface area contributed by atoms with E-state index in [2.05, 4.69) is 10.0 Å². The van der Waals surface area contributed by atoms with Gasteiger partial charge in [-0.3, -0.25) is 19.6 Å².